The SMILES string of the molecule is C1=NC(c2cccc(-n3c4ccc(-c5cccc(-c6ccc7c(c6)c6ncccc6n7-c6cccc(-c7ccccn7)c6)c5)cc4c4ncccc43)c2)=CCC1.C=CC.C=CC. The van der Waals surface area contributed by atoms with Crippen molar-refractivity contribution in [3.05, 3.63) is 207 Å². The zero-order chi connectivity index (χ0) is 42.4. The molecule has 5 aromatic carbocycles. The molecule has 0 fully saturated rings. The molecular weight excluding hydrogens is 757 g/mol. The van der Waals surface area contributed by atoms with Gasteiger partial charge in [-0.05, 0) is 140 Å². The molecule has 10 aromatic rings. The molecule has 0 saturated heterocycles. The van der Waals surface area contributed by atoms with Crippen LogP contribution in [0.2, 0.25) is 0 Å². The molecule has 6 heteroatoms. The number of hydrogen-bond donors (Lipinski definition) is 0. The first kappa shape index (κ1) is 39.5. The number of allylic oxidation sites excluding steroid dienone is 3. The molecule has 1 aliphatic rings. The van der Waals surface area contributed by atoms with Gasteiger partial charge in [0.1, 0.15) is 0 Å². The third kappa shape index (κ3) is 7.55. The fourth-order valence-electron chi connectivity index (χ4n) is 8.31. The molecule has 0 radical (unpaired) electrons. The lowest BCUT2D eigenvalue weighted by molar-refractivity contribution is 1.09. The van der Waals surface area contributed by atoms with E-state index in [0.29, 0.717) is 0 Å². The highest BCUT2D eigenvalue weighted by Crippen LogP contribution is 2.38. The van der Waals surface area contributed by atoms with Gasteiger partial charge in [-0.25, -0.2) is 0 Å². The molecule has 0 amide bonds. The Bertz CT molecular complexity index is 3300. The first-order valence-corrected chi connectivity index (χ1v) is 21.0. The predicted molar refractivity (Wildman–Crippen MR) is 262 cm³/mol. The fraction of sp³-hybridized carbons (Fsp3) is 0.0714. The van der Waals surface area contributed by atoms with Gasteiger partial charge in [0.2, 0.25) is 0 Å². The molecule has 0 aliphatic carbocycles. The summed E-state index contributed by atoms with van der Waals surface area (Å²) in [6, 6.07) is 53.9. The van der Waals surface area contributed by atoms with E-state index in [4.69, 9.17) is 9.97 Å². The summed E-state index contributed by atoms with van der Waals surface area (Å²) >= 11 is 0. The second-order valence-corrected chi connectivity index (χ2v) is 15.1. The van der Waals surface area contributed by atoms with E-state index < -0.39 is 0 Å². The summed E-state index contributed by atoms with van der Waals surface area (Å²) in [5, 5.41) is 2.24. The minimum absolute atomic E-state index is 0.949. The van der Waals surface area contributed by atoms with Crippen LogP contribution in [0, 0.1) is 0 Å². The molecule has 300 valence electrons. The lowest BCUT2D eigenvalue weighted by Gasteiger charge is -2.12. The number of fused-ring (bicyclic) bond motifs is 6. The highest BCUT2D eigenvalue weighted by atomic mass is 15.0. The van der Waals surface area contributed by atoms with E-state index in [0.717, 1.165) is 113 Å². The molecule has 5 aromatic heterocycles. The number of aliphatic imine (C=N–C) groups is 1. The van der Waals surface area contributed by atoms with Crippen LogP contribution < -0.4 is 0 Å². The maximum Gasteiger partial charge on any atom is 0.0963 e. The van der Waals surface area contributed by atoms with Gasteiger partial charge < -0.3 is 9.13 Å². The Balaban J connectivity index is 0.000000775. The van der Waals surface area contributed by atoms with Crippen LogP contribution in [0.15, 0.2) is 207 Å². The van der Waals surface area contributed by atoms with Gasteiger partial charge in [0.15, 0.2) is 0 Å². The van der Waals surface area contributed by atoms with Crippen molar-refractivity contribution in [1.82, 2.24) is 24.1 Å². The average Bonchev–Trinajstić information content (AvgIpc) is 3.85. The van der Waals surface area contributed by atoms with Crippen molar-refractivity contribution >= 4 is 55.8 Å². The van der Waals surface area contributed by atoms with Crippen LogP contribution >= 0.6 is 0 Å². The Morgan fingerprint density at radius 1 is 0.452 bits per heavy atom. The normalized spacial score (nSPS) is 12.1. The Morgan fingerprint density at radius 3 is 1.52 bits per heavy atom. The predicted octanol–water partition coefficient (Wildman–Crippen LogP) is 14.7. The average molecular weight is 803 g/mol. The first-order valence-electron chi connectivity index (χ1n) is 21.0. The van der Waals surface area contributed by atoms with E-state index in [-0.39, 0.29) is 0 Å². The molecule has 0 N–H and O–H groups in total. The molecule has 0 unspecified atom stereocenters. The number of rotatable bonds is 6. The van der Waals surface area contributed by atoms with Gasteiger partial charge in [0.25, 0.3) is 0 Å². The number of hydrogen-bond acceptors (Lipinski definition) is 4. The first-order chi connectivity index (χ1) is 30.6. The molecule has 0 atom stereocenters. The molecule has 1 aliphatic heterocycles. The lowest BCUT2D eigenvalue weighted by atomic mass is 9.97. The lowest BCUT2D eigenvalue weighted by Crippen LogP contribution is -1.96. The second-order valence-electron chi connectivity index (χ2n) is 15.1. The Hall–Kier alpha value is -7.96. The number of benzene rings is 5. The van der Waals surface area contributed by atoms with Crippen LogP contribution in [0.4, 0.5) is 0 Å². The van der Waals surface area contributed by atoms with Crippen molar-refractivity contribution in [2.24, 2.45) is 4.99 Å². The van der Waals surface area contributed by atoms with E-state index >= 15 is 0 Å². The maximum atomic E-state index is 4.90. The summed E-state index contributed by atoms with van der Waals surface area (Å²) in [6.45, 7) is 10.5. The third-order valence-corrected chi connectivity index (χ3v) is 10.9. The molecular formula is C56H46N6. The Morgan fingerprint density at radius 2 is 0.968 bits per heavy atom. The number of pyridine rings is 3. The Labute approximate surface area is 362 Å². The summed E-state index contributed by atoms with van der Waals surface area (Å²) in [5.74, 6) is 0. The summed E-state index contributed by atoms with van der Waals surface area (Å²) < 4.78 is 4.63. The summed E-state index contributed by atoms with van der Waals surface area (Å²) in [5.41, 5.74) is 17.3. The van der Waals surface area contributed by atoms with Crippen LogP contribution in [-0.4, -0.2) is 30.3 Å². The van der Waals surface area contributed by atoms with Gasteiger partial charge >= 0.3 is 0 Å². The van der Waals surface area contributed by atoms with Gasteiger partial charge in [-0.2, -0.15) is 0 Å². The Kier molecular flexibility index (Phi) is 11.3. The maximum absolute atomic E-state index is 4.90. The standard InChI is InChI=1S/C50H34N6.2C3H6/c1-3-24-51-43(16-1)37-12-6-14-39(29-37)55-45-22-20-35(31-41(45)49-47(55)18-8-26-53-49)33-10-5-11-34(28-33)36-21-23-46-42(32-36)50-48(19-9-27-54-50)56(46)40-15-7-13-38(30-40)44-17-2-4-25-52-44;2*1-3-2/h1,3,5-32H,2,4H2;2*3H,1H2,2H3. The quantitative estimate of drug-likeness (QED) is 0.157. The molecule has 6 heterocycles. The van der Waals surface area contributed by atoms with Crippen LogP contribution in [0.5, 0.6) is 0 Å². The van der Waals surface area contributed by atoms with Crippen molar-refractivity contribution in [2.45, 2.75) is 26.7 Å². The van der Waals surface area contributed by atoms with Crippen molar-refractivity contribution in [3.63, 3.8) is 0 Å². The highest BCUT2D eigenvalue weighted by Gasteiger charge is 2.17. The molecule has 0 bridgehead atoms. The van der Waals surface area contributed by atoms with Gasteiger partial charge in [-0.15, -0.1) is 13.2 Å². The van der Waals surface area contributed by atoms with Crippen LogP contribution in [0.3, 0.4) is 0 Å². The van der Waals surface area contributed by atoms with Gasteiger partial charge in [0, 0.05) is 58.1 Å². The number of nitrogens with zero attached hydrogens (tertiary/aromatic N) is 6. The molecule has 0 spiro atoms. The van der Waals surface area contributed by atoms with Gasteiger partial charge in [-0.3, -0.25) is 19.9 Å². The smallest absolute Gasteiger partial charge is 0.0963 e. The highest BCUT2D eigenvalue weighted by molar-refractivity contribution is 6.10. The minimum atomic E-state index is 0.949. The van der Waals surface area contributed by atoms with E-state index in [2.05, 4.69) is 160 Å². The minimum Gasteiger partial charge on any atom is -0.308 e. The molecule has 6 nitrogen and oxygen atoms in total. The topological polar surface area (TPSA) is 60.9 Å². The molecule has 62 heavy (non-hydrogen) atoms. The third-order valence-electron chi connectivity index (χ3n) is 10.9. The van der Waals surface area contributed by atoms with Gasteiger partial charge in [-0.1, -0.05) is 78.9 Å². The van der Waals surface area contributed by atoms with Crippen molar-refractivity contribution < 1.29 is 0 Å². The van der Waals surface area contributed by atoms with E-state index in [1.165, 1.54) is 0 Å². The van der Waals surface area contributed by atoms with E-state index in [1.807, 2.05) is 69.0 Å². The monoisotopic (exact) mass is 802 g/mol. The summed E-state index contributed by atoms with van der Waals surface area (Å²) in [7, 11) is 0. The van der Waals surface area contributed by atoms with Crippen LogP contribution in [-0.2, 0) is 0 Å². The number of aromatic nitrogens is 5. The van der Waals surface area contributed by atoms with E-state index in [9.17, 15) is 0 Å². The zero-order valence-corrected chi connectivity index (χ0v) is 35.0. The summed E-state index contributed by atoms with van der Waals surface area (Å²) in [6.07, 6.45) is 15.4. The van der Waals surface area contributed by atoms with Crippen molar-refractivity contribution in [2.75, 3.05) is 0 Å². The fourth-order valence-corrected chi connectivity index (χ4v) is 8.31. The molecule has 0 saturated carbocycles. The van der Waals surface area contributed by atoms with E-state index in [1.54, 1.807) is 12.2 Å². The second kappa shape index (κ2) is 17.7. The van der Waals surface area contributed by atoms with Crippen molar-refractivity contribution in [3.8, 4) is 44.9 Å². The van der Waals surface area contributed by atoms with Crippen LogP contribution in [0.25, 0.3) is 94.5 Å². The zero-order valence-electron chi connectivity index (χ0n) is 35.0. The largest absolute Gasteiger partial charge is 0.308 e. The van der Waals surface area contributed by atoms with Crippen LogP contribution in [0.1, 0.15) is 32.3 Å². The van der Waals surface area contributed by atoms with Gasteiger partial charge in [0.05, 0.1) is 44.5 Å². The van der Waals surface area contributed by atoms with Crippen molar-refractivity contribution in [1.29, 1.82) is 0 Å². The molecule has 11 rings (SSSR count). The summed E-state index contributed by atoms with van der Waals surface area (Å²) in [4.78, 5) is 19.1.